The molecule has 0 spiro atoms. The third-order valence-electron chi connectivity index (χ3n) is 4.33. The molecular formula is C18H20ClN3O3S. The molecule has 1 aliphatic heterocycles. The van der Waals surface area contributed by atoms with Crippen LogP contribution in [0.2, 0.25) is 5.02 Å². The minimum atomic E-state index is -3.74. The van der Waals surface area contributed by atoms with E-state index in [1.165, 1.54) is 24.3 Å². The summed E-state index contributed by atoms with van der Waals surface area (Å²) in [6.45, 7) is 1.25. The zero-order valence-electron chi connectivity index (χ0n) is 14.1. The van der Waals surface area contributed by atoms with Gasteiger partial charge in [-0.15, -0.1) is 0 Å². The maximum absolute atomic E-state index is 12.5. The van der Waals surface area contributed by atoms with E-state index in [0.29, 0.717) is 29.4 Å². The average molecular weight is 394 g/mol. The molecule has 8 heteroatoms. The fourth-order valence-electron chi connectivity index (χ4n) is 2.79. The largest absolute Gasteiger partial charge is 0.339 e. The molecule has 6 nitrogen and oxygen atoms in total. The third kappa shape index (κ3) is 4.35. The van der Waals surface area contributed by atoms with E-state index in [9.17, 15) is 13.2 Å². The molecule has 0 aliphatic carbocycles. The van der Waals surface area contributed by atoms with Crippen LogP contribution in [-0.2, 0) is 10.0 Å². The Kier molecular flexibility index (Phi) is 5.50. The van der Waals surface area contributed by atoms with Gasteiger partial charge in [0, 0.05) is 35.4 Å². The highest BCUT2D eigenvalue weighted by molar-refractivity contribution is 7.92. The number of amides is 1. The molecule has 2 aromatic carbocycles. The SMILES string of the molecule is NC1CCN(C(=O)c2ccc(S(=O)(=O)Nc3ccc(Cl)cc3)cc2)CC1. The van der Waals surface area contributed by atoms with Gasteiger partial charge in [-0.3, -0.25) is 9.52 Å². The minimum Gasteiger partial charge on any atom is -0.339 e. The summed E-state index contributed by atoms with van der Waals surface area (Å²) in [5, 5.41) is 0.523. The summed E-state index contributed by atoms with van der Waals surface area (Å²) in [6, 6.07) is 12.4. The molecule has 0 saturated carbocycles. The van der Waals surface area contributed by atoms with Gasteiger partial charge in [0.05, 0.1) is 4.90 Å². The molecule has 1 aliphatic rings. The summed E-state index contributed by atoms with van der Waals surface area (Å²) >= 11 is 5.80. The number of benzene rings is 2. The van der Waals surface area contributed by atoms with Crippen LogP contribution in [0.15, 0.2) is 53.4 Å². The zero-order chi connectivity index (χ0) is 18.7. The Hall–Kier alpha value is -2.09. The molecule has 0 bridgehead atoms. The number of hydrogen-bond donors (Lipinski definition) is 2. The highest BCUT2D eigenvalue weighted by Gasteiger charge is 2.22. The first-order valence-corrected chi connectivity index (χ1v) is 10.1. The summed E-state index contributed by atoms with van der Waals surface area (Å²) in [5.74, 6) is -0.105. The number of carbonyl (C=O) groups excluding carboxylic acids is 1. The molecule has 0 atom stereocenters. The number of nitrogens with two attached hydrogens (primary N) is 1. The van der Waals surface area contributed by atoms with Crippen LogP contribution in [0, 0.1) is 0 Å². The van der Waals surface area contributed by atoms with E-state index in [1.807, 2.05) is 0 Å². The number of rotatable bonds is 4. The normalized spacial score (nSPS) is 15.7. The van der Waals surface area contributed by atoms with E-state index in [2.05, 4.69) is 4.72 Å². The topological polar surface area (TPSA) is 92.5 Å². The van der Waals surface area contributed by atoms with Gasteiger partial charge in [0.15, 0.2) is 0 Å². The molecule has 0 unspecified atom stereocenters. The molecule has 1 heterocycles. The molecular weight excluding hydrogens is 374 g/mol. The second-order valence-electron chi connectivity index (χ2n) is 6.27. The van der Waals surface area contributed by atoms with E-state index in [4.69, 9.17) is 17.3 Å². The number of hydrogen-bond acceptors (Lipinski definition) is 4. The van der Waals surface area contributed by atoms with Crippen molar-refractivity contribution in [3.8, 4) is 0 Å². The molecule has 1 fully saturated rings. The zero-order valence-corrected chi connectivity index (χ0v) is 15.6. The van der Waals surface area contributed by atoms with Crippen LogP contribution in [0.1, 0.15) is 23.2 Å². The predicted molar refractivity (Wildman–Crippen MR) is 102 cm³/mol. The second-order valence-corrected chi connectivity index (χ2v) is 8.39. The van der Waals surface area contributed by atoms with Crippen molar-refractivity contribution in [1.29, 1.82) is 0 Å². The number of nitrogens with one attached hydrogen (secondary N) is 1. The Labute approximate surface area is 158 Å². The predicted octanol–water partition coefficient (Wildman–Crippen LogP) is 2.70. The van der Waals surface area contributed by atoms with Crippen molar-refractivity contribution in [2.45, 2.75) is 23.8 Å². The van der Waals surface area contributed by atoms with Gasteiger partial charge in [0.1, 0.15) is 0 Å². The van der Waals surface area contributed by atoms with Crippen LogP contribution in [-0.4, -0.2) is 38.4 Å². The van der Waals surface area contributed by atoms with Gasteiger partial charge in [0.2, 0.25) is 0 Å². The van der Waals surface area contributed by atoms with Crippen LogP contribution in [0.5, 0.6) is 0 Å². The summed E-state index contributed by atoms with van der Waals surface area (Å²) in [5.41, 5.74) is 6.74. The molecule has 0 aromatic heterocycles. The van der Waals surface area contributed by atoms with Crippen LogP contribution >= 0.6 is 11.6 Å². The second kappa shape index (κ2) is 7.65. The molecule has 138 valence electrons. The fraction of sp³-hybridized carbons (Fsp3) is 0.278. The van der Waals surface area contributed by atoms with Crippen LogP contribution < -0.4 is 10.5 Å². The number of nitrogens with zero attached hydrogens (tertiary/aromatic N) is 1. The highest BCUT2D eigenvalue weighted by Crippen LogP contribution is 2.20. The lowest BCUT2D eigenvalue weighted by Crippen LogP contribution is -2.42. The minimum absolute atomic E-state index is 0.0877. The highest BCUT2D eigenvalue weighted by atomic mass is 35.5. The summed E-state index contributed by atoms with van der Waals surface area (Å²) < 4.78 is 27.4. The lowest BCUT2D eigenvalue weighted by Gasteiger charge is -2.30. The molecule has 1 amide bonds. The van der Waals surface area contributed by atoms with E-state index in [-0.39, 0.29) is 16.8 Å². The first-order valence-electron chi connectivity index (χ1n) is 8.28. The number of carbonyl (C=O) groups is 1. The standard InChI is InChI=1S/C18H20ClN3O3S/c19-14-3-5-16(6-4-14)21-26(24,25)17-7-1-13(2-8-17)18(23)22-11-9-15(20)10-12-22/h1-8,15,21H,9-12,20H2. The molecule has 26 heavy (non-hydrogen) atoms. The van der Waals surface area contributed by atoms with E-state index >= 15 is 0 Å². The van der Waals surface area contributed by atoms with Gasteiger partial charge in [-0.05, 0) is 61.4 Å². The van der Waals surface area contributed by atoms with Crippen molar-refractivity contribution >= 4 is 33.2 Å². The number of sulfonamides is 1. The first kappa shape index (κ1) is 18.7. The monoisotopic (exact) mass is 393 g/mol. The lowest BCUT2D eigenvalue weighted by molar-refractivity contribution is 0.0714. The smallest absolute Gasteiger partial charge is 0.261 e. The molecule has 3 rings (SSSR count). The summed E-state index contributed by atoms with van der Waals surface area (Å²) in [4.78, 5) is 14.3. The van der Waals surface area contributed by atoms with Gasteiger partial charge < -0.3 is 10.6 Å². The summed E-state index contributed by atoms with van der Waals surface area (Å²) in [6.07, 6.45) is 1.56. The Bertz CT molecular complexity index is 875. The van der Waals surface area contributed by atoms with Gasteiger partial charge in [-0.1, -0.05) is 11.6 Å². The van der Waals surface area contributed by atoms with Crippen LogP contribution in [0.25, 0.3) is 0 Å². The van der Waals surface area contributed by atoms with Crippen molar-refractivity contribution in [3.05, 3.63) is 59.1 Å². The van der Waals surface area contributed by atoms with Crippen molar-refractivity contribution in [2.24, 2.45) is 5.73 Å². The number of piperidine rings is 1. The lowest BCUT2D eigenvalue weighted by atomic mass is 10.1. The van der Waals surface area contributed by atoms with Gasteiger partial charge in [-0.25, -0.2) is 8.42 Å². The fourth-order valence-corrected chi connectivity index (χ4v) is 3.98. The van der Waals surface area contributed by atoms with Crippen molar-refractivity contribution in [3.63, 3.8) is 0 Å². The Morgan fingerprint density at radius 2 is 1.62 bits per heavy atom. The molecule has 1 saturated heterocycles. The van der Waals surface area contributed by atoms with Gasteiger partial charge in [-0.2, -0.15) is 0 Å². The average Bonchev–Trinajstić information content (AvgIpc) is 2.64. The number of halogens is 1. The number of anilines is 1. The van der Waals surface area contributed by atoms with Gasteiger partial charge >= 0.3 is 0 Å². The van der Waals surface area contributed by atoms with Crippen LogP contribution in [0.4, 0.5) is 5.69 Å². The van der Waals surface area contributed by atoms with Crippen molar-refractivity contribution < 1.29 is 13.2 Å². The summed E-state index contributed by atoms with van der Waals surface area (Å²) in [7, 11) is -3.74. The molecule has 2 aromatic rings. The van der Waals surface area contributed by atoms with E-state index in [1.54, 1.807) is 29.2 Å². The van der Waals surface area contributed by atoms with E-state index in [0.717, 1.165) is 12.8 Å². The molecule has 0 radical (unpaired) electrons. The Balaban J connectivity index is 1.72. The number of likely N-dealkylation sites (tertiary alicyclic amines) is 1. The van der Waals surface area contributed by atoms with Gasteiger partial charge in [0.25, 0.3) is 15.9 Å². The molecule has 3 N–H and O–H groups in total. The first-order chi connectivity index (χ1) is 12.3. The Morgan fingerprint density at radius 1 is 1.04 bits per heavy atom. The quantitative estimate of drug-likeness (QED) is 0.835. The third-order valence-corrected chi connectivity index (χ3v) is 5.98. The maximum atomic E-state index is 12.5. The van der Waals surface area contributed by atoms with Crippen molar-refractivity contribution in [2.75, 3.05) is 17.8 Å². The Morgan fingerprint density at radius 3 is 2.19 bits per heavy atom. The van der Waals surface area contributed by atoms with Crippen molar-refractivity contribution in [1.82, 2.24) is 4.90 Å². The maximum Gasteiger partial charge on any atom is 0.261 e. The van der Waals surface area contributed by atoms with Crippen LogP contribution in [0.3, 0.4) is 0 Å². The van der Waals surface area contributed by atoms with E-state index < -0.39 is 10.0 Å².